The van der Waals surface area contributed by atoms with E-state index in [2.05, 4.69) is 0 Å². The topological polar surface area (TPSA) is 74.7 Å². The molecule has 0 radical (unpaired) electrons. The first kappa shape index (κ1) is 13.9. The number of benzene rings is 1. The molecule has 8 heteroatoms. The number of hydrogen-bond acceptors (Lipinski definition) is 3. The number of rotatable bonds is 5. The van der Waals surface area contributed by atoms with Gasteiger partial charge in [-0.3, -0.25) is 4.79 Å². The number of carboxylic acid groups (broad SMARTS) is 1. The van der Waals surface area contributed by atoms with Crippen LogP contribution in [0.5, 0.6) is 0 Å². The van der Waals surface area contributed by atoms with Crippen LogP contribution in [0, 0.1) is 11.6 Å². The molecule has 1 aromatic carbocycles. The molecule has 1 aliphatic rings. The Labute approximate surface area is 108 Å². The maximum absolute atomic E-state index is 13.5. The van der Waals surface area contributed by atoms with Crippen LogP contribution >= 0.6 is 0 Å². The highest BCUT2D eigenvalue weighted by Crippen LogP contribution is 2.33. The predicted molar refractivity (Wildman–Crippen MR) is 60.9 cm³/mol. The zero-order valence-electron chi connectivity index (χ0n) is 9.71. The van der Waals surface area contributed by atoms with Crippen molar-refractivity contribution in [2.45, 2.75) is 23.8 Å². The van der Waals surface area contributed by atoms with Crippen molar-refractivity contribution in [1.82, 2.24) is 4.31 Å². The quantitative estimate of drug-likeness (QED) is 0.884. The molecule has 0 aromatic heterocycles. The molecule has 0 amide bonds. The molecule has 0 heterocycles. The predicted octanol–water partition coefficient (Wildman–Crippen LogP) is 1.20. The number of aliphatic carboxylic acids is 1. The molecule has 0 unspecified atom stereocenters. The van der Waals surface area contributed by atoms with Gasteiger partial charge in [0.2, 0.25) is 10.0 Å². The molecular formula is C11H11F2NO4S. The molecular weight excluding hydrogens is 280 g/mol. The standard InChI is InChI=1S/C11H11F2NO4S/c12-8-2-1-3-9(13)11(8)19(17,18)14(6-10(15)16)7-4-5-7/h1-3,7H,4-6H2,(H,15,16). The summed E-state index contributed by atoms with van der Waals surface area (Å²) >= 11 is 0. The second-order valence-corrected chi connectivity index (χ2v) is 6.05. The molecule has 5 nitrogen and oxygen atoms in total. The Morgan fingerprint density at radius 2 is 1.84 bits per heavy atom. The second-order valence-electron chi connectivity index (χ2n) is 4.23. The first-order valence-corrected chi connectivity index (χ1v) is 6.95. The smallest absolute Gasteiger partial charge is 0.318 e. The second kappa shape index (κ2) is 4.86. The van der Waals surface area contributed by atoms with E-state index in [0.29, 0.717) is 17.1 Å². The van der Waals surface area contributed by atoms with Crippen LogP contribution in [0.4, 0.5) is 8.78 Å². The Morgan fingerprint density at radius 1 is 1.32 bits per heavy atom. The van der Waals surface area contributed by atoms with E-state index in [1.54, 1.807) is 0 Å². The Bertz CT molecular complexity index is 593. The fourth-order valence-electron chi connectivity index (χ4n) is 1.75. The Kier molecular flexibility index (Phi) is 3.55. The lowest BCUT2D eigenvalue weighted by Gasteiger charge is -2.20. The average molecular weight is 291 g/mol. The van der Waals surface area contributed by atoms with Crippen LogP contribution in [0.1, 0.15) is 12.8 Å². The largest absolute Gasteiger partial charge is 0.480 e. The van der Waals surface area contributed by atoms with Gasteiger partial charge in [0.1, 0.15) is 18.2 Å². The van der Waals surface area contributed by atoms with E-state index in [1.165, 1.54) is 0 Å². The number of carboxylic acids is 1. The third kappa shape index (κ3) is 2.74. The molecule has 1 fully saturated rings. The van der Waals surface area contributed by atoms with Gasteiger partial charge in [-0.1, -0.05) is 6.07 Å². The molecule has 1 saturated carbocycles. The number of halogens is 2. The van der Waals surface area contributed by atoms with Crippen molar-refractivity contribution < 1.29 is 27.1 Å². The van der Waals surface area contributed by atoms with Gasteiger partial charge in [-0.05, 0) is 25.0 Å². The van der Waals surface area contributed by atoms with Crippen molar-refractivity contribution >= 4 is 16.0 Å². The van der Waals surface area contributed by atoms with Gasteiger partial charge in [0.15, 0.2) is 4.90 Å². The van der Waals surface area contributed by atoms with Crippen molar-refractivity contribution in [2.24, 2.45) is 0 Å². The zero-order valence-corrected chi connectivity index (χ0v) is 10.5. The van der Waals surface area contributed by atoms with Crippen LogP contribution < -0.4 is 0 Å². The fraction of sp³-hybridized carbons (Fsp3) is 0.364. The van der Waals surface area contributed by atoms with E-state index in [-0.39, 0.29) is 0 Å². The summed E-state index contributed by atoms with van der Waals surface area (Å²) < 4.78 is 52.1. The molecule has 0 saturated heterocycles. The van der Waals surface area contributed by atoms with Gasteiger partial charge < -0.3 is 5.11 Å². The minimum atomic E-state index is -4.49. The molecule has 19 heavy (non-hydrogen) atoms. The summed E-state index contributed by atoms with van der Waals surface area (Å²) in [4.78, 5) is 9.60. The van der Waals surface area contributed by atoms with Gasteiger partial charge in [-0.15, -0.1) is 0 Å². The van der Waals surface area contributed by atoms with E-state index < -0.39 is 45.1 Å². The van der Waals surface area contributed by atoms with Crippen LogP contribution in [-0.4, -0.2) is 36.4 Å². The minimum absolute atomic E-state index is 0.489. The molecule has 0 bridgehead atoms. The Morgan fingerprint density at radius 3 is 2.26 bits per heavy atom. The van der Waals surface area contributed by atoms with Gasteiger partial charge in [-0.25, -0.2) is 17.2 Å². The highest BCUT2D eigenvalue weighted by atomic mass is 32.2. The monoisotopic (exact) mass is 291 g/mol. The zero-order chi connectivity index (χ0) is 14.2. The van der Waals surface area contributed by atoms with E-state index in [9.17, 15) is 22.0 Å². The third-order valence-corrected chi connectivity index (χ3v) is 4.68. The molecule has 0 spiro atoms. The van der Waals surface area contributed by atoms with Crippen molar-refractivity contribution in [2.75, 3.05) is 6.54 Å². The molecule has 0 aliphatic heterocycles. The Balaban J connectivity index is 2.48. The van der Waals surface area contributed by atoms with Crippen LogP contribution in [-0.2, 0) is 14.8 Å². The van der Waals surface area contributed by atoms with Crippen LogP contribution in [0.2, 0.25) is 0 Å². The van der Waals surface area contributed by atoms with Gasteiger partial charge in [0.05, 0.1) is 0 Å². The van der Waals surface area contributed by atoms with Crippen molar-refractivity contribution in [3.63, 3.8) is 0 Å². The molecule has 104 valence electrons. The summed E-state index contributed by atoms with van der Waals surface area (Å²) in [5.74, 6) is -3.82. The van der Waals surface area contributed by atoms with Crippen LogP contribution in [0.15, 0.2) is 23.1 Å². The van der Waals surface area contributed by atoms with E-state index in [1.807, 2.05) is 0 Å². The van der Waals surface area contributed by atoms with Crippen molar-refractivity contribution in [1.29, 1.82) is 0 Å². The van der Waals surface area contributed by atoms with E-state index in [0.717, 1.165) is 18.2 Å². The SMILES string of the molecule is O=C(O)CN(C1CC1)S(=O)(=O)c1c(F)cccc1F. The maximum Gasteiger partial charge on any atom is 0.318 e. The summed E-state index contributed by atoms with van der Waals surface area (Å²) in [5.41, 5.74) is 0. The molecule has 1 aliphatic carbocycles. The minimum Gasteiger partial charge on any atom is -0.480 e. The number of carbonyl (C=O) groups is 1. The molecule has 1 N–H and O–H groups in total. The summed E-state index contributed by atoms with van der Waals surface area (Å²) in [7, 11) is -4.49. The summed E-state index contributed by atoms with van der Waals surface area (Å²) in [6, 6.07) is 2.19. The molecule has 1 aromatic rings. The van der Waals surface area contributed by atoms with Crippen molar-refractivity contribution in [3.05, 3.63) is 29.8 Å². The molecule has 0 atom stereocenters. The number of sulfonamides is 1. The summed E-state index contributed by atoms with van der Waals surface area (Å²) in [5, 5.41) is 8.72. The average Bonchev–Trinajstić information content (AvgIpc) is 3.08. The lowest BCUT2D eigenvalue weighted by atomic mass is 10.3. The first-order chi connectivity index (χ1) is 8.84. The van der Waals surface area contributed by atoms with Crippen LogP contribution in [0.3, 0.4) is 0 Å². The number of hydrogen-bond donors (Lipinski definition) is 1. The lowest BCUT2D eigenvalue weighted by Crippen LogP contribution is -2.38. The molecule has 2 rings (SSSR count). The first-order valence-electron chi connectivity index (χ1n) is 5.51. The van der Waals surface area contributed by atoms with E-state index in [4.69, 9.17) is 5.11 Å². The fourth-order valence-corrected chi connectivity index (χ4v) is 3.50. The normalized spacial score (nSPS) is 15.7. The maximum atomic E-state index is 13.5. The van der Waals surface area contributed by atoms with Gasteiger partial charge >= 0.3 is 5.97 Å². The number of nitrogens with zero attached hydrogens (tertiary/aromatic N) is 1. The highest BCUT2D eigenvalue weighted by Gasteiger charge is 2.41. The van der Waals surface area contributed by atoms with Crippen molar-refractivity contribution in [3.8, 4) is 0 Å². The van der Waals surface area contributed by atoms with Gasteiger partial charge in [-0.2, -0.15) is 4.31 Å². The van der Waals surface area contributed by atoms with Gasteiger partial charge in [0, 0.05) is 6.04 Å². The third-order valence-electron chi connectivity index (χ3n) is 2.73. The lowest BCUT2D eigenvalue weighted by molar-refractivity contribution is -0.137. The summed E-state index contributed by atoms with van der Waals surface area (Å²) in [6.45, 7) is -0.805. The van der Waals surface area contributed by atoms with Crippen LogP contribution in [0.25, 0.3) is 0 Å². The Hall–Kier alpha value is -1.54. The van der Waals surface area contributed by atoms with E-state index >= 15 is 0 Å². The van der Waals surface area contributed by atoms with Gasteiger partial charge in [0.25, 0.3) is 0 Å². The highest BCUT2D eigenvalue weighted by molar-refractivity contribution is 7.89. The summed E-state index contributed by atoms with van der Waals surface area (Å²) in [6.07, 6.45) is 0.977.